The fraction of sp³-hybridized carbons (Fsp3) is 0.263. The second kappa shape index (κ2) is 7.57. The zero-order valence-electron chi connectivity index (χ0n) is 14.0. The van der Waals surface area contributed by atoms with Crippen LogP contribution in [0.15, 0.2) is 53.3 Å². The second-order valence-electron chi connectivity index (χ2n) is 6.12. The molecule has 5 nitrogen and oxygen atoms in total. The molecule has 0 bridgehead atoms. The first kappa shape index (κ1) is 17.3. The lowest BCUT2D eigenvalue weighted by Crippen LogP contribution is -2.34. The number of carbonyl (C=O) groups excluding carboxylic acids is 1. The number of aromatic nitrogens is 2. The maximum atomic E-state index is 12.3. The minimum absolute atomic E-state index is 0.0251. The molecule has 1 unspecified atom stereocenters. The van der Waals surface area contributed by atoms with Crippen molar-refractivity contribution in [2.24, 2.45) is 5.92 Å². The van der Waals surface area contributed by atoms with Gasteiger partial charge in [0.25, 0.3) is 0 Å². The topological polar surface area (TPSA) is 66.9 Å². The molecule has 0 aliphatic rings. The molecular formula is C19H20ClN3O2. The molecular weight excluding hydrogens is 338 g/mol. The van der Waals surface area contributed by atoms with Gasteiger partial charge in [-0.15, -0.1) is 0 Å². The molecule has 3 aromatic rings. The highest BCUT2D eigenvalue weighted by molar-refractivity contribution is 6.30. The molecule has 1 atom stereocenters. The lowest BCUT2D eigenvalue weighted by molar-refractivity contribution is -0.124. The monoisotopic (exact) mass is 357 g/mol. The van der Waals surface area contributed by atoms with E-state index in [1.54, 1.807) is 4.57 Å². The molecule has 130 valence electrons. The van der Waals surface area contributed by atoms with Crippen LogP contribution in [0.5, 0.6) is 0 Å². The average Bonchev–Trinajstić information content (AvgIpc) is 2.92. The van der Waals surface area contributed by atoms with E-state index in [2.05, 4.69) is 10.3 Å². The molecule has 0 saturated heterocycles. The van der Waals surface area contributed by atoms with Crippen molar-refractivity contribution in [1.29, 1.82) is 0 Å². The van der Waals surface area contributed by atoms with Gasteiger partial charge in [-0.2, -0.15) is 0 Å². The molecule has 0 saturated carbocycles. The molecule has 0 spiro atoms. The third-order valence-electron chi connectivity index (χ3n) is 4.22. The van der Waals surface area contributed by atoms with E-state index in [1.807, 2.05) is 55.5 Å². The fourth-order valence-corrected chi connectivity index (χ4v) is 2.99. The third-order valence-corrected chi connectivity index (χ3v) is 4.47. The number of halogens is 1. The predicted molar refractivity (Wildman–Crippen MR) is 99.9 cm³/mol. The zero-order valence-corrected chi connectivity index (χ0v) is 14.7. The van der Waals surface area contributed by atoms with Gasteiger partial charge in [0, 0.05) is 24.0 Å². The minimum Gasteiger partial charge on any atom is -0.354 e. The van der Waals surface area contributed by atoms with Gasteiger partial charge in [0.05, 0.1) is 11.0 Å². The van der Waals surface area contributed by atoms with Gasteiger partial charge >= 0.3 is 5.69 Å². The van der Waals surface area contributed by atoms with Crippen LogP contribution in [0.1, 0.15) is 12.5 Å². The van der Waals surface area contributed by atoms with Crippen LogP contribution in [0, 0.1) is 5.92 Å². The van der Waals surface area contributed by atoms with Crippen LogP contribution in [0.3, 0.4) is 0 Å². The zero-order chi connectivity index (χ0) is 17.8. The van der Waals surface area contributed by atoms with E-state index in [-0.39, 0.29) is 17.5 Å². The van der Waals surface area contributed by atoms with Crippen LogP contribution < -0.4 is 11.0 Å². The maximum absolute atomic E-state index is 12.3. The van der Waals surface area contributed by atoms with E-state index < -0.39 is 0 Å². The summed E-state index contributed by atoms with van der Waals surface area (Å²) >= 11 is 5.87. The number of fused-ring (bicyclic) bond motifs is 1. The SMILES string of the molecule is CC(Cc1ccc(Cl)cc1)C(=O)NCCn1c(=O)[nH]c2ccccc21. The van der Waals surface area contributed by atoms with Crippen LogP contribution in [0.4, 0.5) is 0 Å². The number of aromatic amines is 1. The summed E-state index contributed by atoms with van der Waals surface area (Å²) in [6.07, 6.45) is 0.649. The van der Waals surface area contributed by atoms with Gasteiger partial charge in [0.1, 0.15) is 0 Å². The molecule has 0 aliphatic heterocycles. The molecule has 2 aromatic carbocycles. The van der Waals surface area contributed by atoms with Gasteiger partial charge in [-0.25, -0.2) is 4.79 Å². The van der Waals surface area contributed by atoms with Crippen molar-refractivity contribution in [1.82, 2.24) is 14.9 Å². The summed E-state index contributed by atoms with van der Waals surface area (Å²) in [6, 6.07) is 15.0. The molecule has 0 aliphatic carbocycles. The van der Waals surface area contributed by atoms with Gasteiger partial charge in [-0.05, 0) is 36.2 Å². The third kappa shape index (κ3) is 4.12. The van der Waals surface area contributed by atoms with Gasteiger partial charge < -0.3 is 10.3 Å². The second-order valence-corrected chi connectivity index (χ2v) is 6.56. The van der Waals surface area contributed by atoms with Crippen LogP contribution in [-0.2, 0) is 17.8 Å². The number of nitrogens with zero attached hydrogens (tertiary/aromatic N) is 1. The van der Waals surface area contributed by atoms with E-state index in [4.69, 9.17) is 11.6 Å². The van der Waals surface area contributed by atoms with Crippen molar-refractivity contribution in [3.8, 4) is 0 Å². The van der Waals surface area contributed by atoms with E-state index >= 15 is 0 Å². The van der Waals surface area contributed by atoms with Gasteiger partial charge in [-0.3, -0.25) is 9.36 Å². The molecule has 6 heteroatoms. The molecule has 0 fully saturated rings. The fourth-order valence-electron chi connectivity index (χ4n) is 2.86. The predicted octanol–water partition coefficient (Wildman–Crippen LogP) is 2.98. The van der Waals surface area contributed by atoms with Crippen molar-refractivity contribution in [2.75, 3.05) is 6.54 Å². The van der Waals surface area contributed by atoms with Crippen molar-refractivity contribution in [3.63, 3.8) is 0 Å². The minimum atomic E-state index is -0.162. The van der Waals surface area contributed by atoms with Crippen molar-refractivity contribution < 1.29 is 4.79 Å². The van der Waals surface area contributed by atoms with Crippen LogP contribution >= 0.6 is 11.6 Å². The normalized spacial score (nSPS) is 12.2. The summed E-state index contributed by atoms with van der Waals surface area (Å²) in [6.45, 7) is 2.73. The standard InChI is InChI=1S/C19H20ClN3O2/c1-13(12-14-6-8-15(20)9-7-14)18(24)21-10-11-23-17-5-3-2-4-16(17)22-19(23)25/h2-9,13H,10-12H2,1H3,(H,21,24)(H,22,25). The molecule has 0 radical (unpaired) electrons. The number of hydrogen-bond donors (Lipinski definition) is 2. The lowest BCUT2D eigenvalue weighted by Gasteiger charge is -2.12. The Hall–Kier alpha value is -2.53. The van der Waals surface area contributed by atoms with Gasteiger partial charge in [0.15, 0.2) is 0 Å². The Morgan fingerprint density at radius 3 is 2.68 bits per heavy atom. The summed E-state index contributed by atoms with van der Waals surface area (Å²) in [7, 11) is 0. The highest BCUT2D eigenvalue weighted by Crippen LogP contribution is 2.13. The Morgan fingerprint density at radius 1 is 1.20 bits per heavy atom. The number of H-pyrrole nitrogens is 1. The highest BCUT2D eigenvalue weighted by Gasteiger charge is 2.13. The maximum Gasteiger partial charge on any atom is 0.326 e. The summed E-state index contributed by atoms with van der Waals surface area (Å²) < 4.78 is 1.64. The molecule has 1 amide bonds. The number of para-hydroxylation sites is 2. The first-order valence-electron chi connectivity index (χ1n) is 8.24. The van der Waals surface area contributed by atoms with Crippen molar-refractivity contribution >= 4 is 28.5 Å². The first-order valence-corrected chi connectivity index (χ1v) is 8.62. The van der Waals surface area contributed by atoms with Gasteiger partial charge in [-0.1, -0.05) is 42.8 Å². The molecule has 3 rings (SSSR count). The van der Waals surface area contributed by atoms with E-state index in [9.17, 15) is 9.59 Å². The summed E-state index contributed by atoms with van der Waals surface area (Å²) in [5, 5.41) is 3.59. The lowest BCUT2D eigenvalue weighted by atomic mass is 10.0. The molecule has 1 aromatic heterocycles. The quantitative estimate of drug-likeness (QED) is 0.712. The Balaban J connectivity index is 1.56. The van der Waals surface area contributed by atoms with Crippen molar-refractivity contribution in [2.45, 2.75) is 19.9 Å². The Kier molecular flexibility index (Phi) is 5.24. The van der Waals surface area contributed by atoms with Crippen LogP contribution in [0.2, 0.25) is 5.02 Å². The number of rotatable bonds is 6. The largest absolute Gasteiger partial charge is 0.354 e. The van der Waals surface area contributed by atoms with E-state index in [1.165, 1.54) is 0 Å². The van der Waals surface area contributed by atoms with E-state index in [0.717, 1.165) is 16.6 Å². The number of hydrogen-bond acceptors (Lipinski definition) is 2. The number of carbonyl (C=O) groups is 1. The summed E-state index contributed by atoms with van der Waals surface area (Å²) in [5.41, 5.74) is 2.55. The smallest absolute Gasteiger partial charge is 0.326 e. The number of imidazole rings is 1. The van der Waals surface area contributed by atoms with E-state index in [0.29, 0.717) is 24.5 Å². The Bertz CT molecular complexity index is 928. The summed E-state index contributed by atoms with van der Waals surface area (Å²) in [5.74, 6) is -0.177. The van der Waals surface area contributed by atoms with Crippen LogP contribution in [-0.4, -0.2) is 22.0 Å². The Morgan fingerprint density at radius 2 is 1.92 bits per heavy atom. The molecule has 25 heavy (non-hydrogen) atoms. The number of amides is 1. The average molecular weight is 358 g/mol. The van der Waals surface area contributed by atoms with Crippen LogP contribution in [0.25, 0.3) is 11.0 Å². The summed E-state index contributed by atoms with van der Waals surface area (Å²) in [4.78, 5) is 27.1. The molecule has 1 heterocycles. The highest BCUT2D eigenvalue weighted by atomic mass is 35.5. The van der Waals surface area contributed by atoms with Crippen molar-refractivity contribution in [3.05, 3.63) is 69.6 Å². The van der Waals surface area contributed by atoms with Gasteiger partial charge in [0.2, 0.25) is 5.91 Å². The molecule has 2 N–H and O–H groups in total. The number of nitrogens with one attached hydrogen (secondary N) is 2. The Labute approximate surface area is 150 Å². The number of benzene rings is 2. The first-order chi connectivity index (χ1) is 12.0.